The van der Waals surface area contributed by atoms with Crippen LogP contribution in [0.4, 0.5) is 4.39 Å². The lowest BCUT2D eigenvalue weighted by molar-refractivity contribution is 0.0584. The molecule has 1 aliphatic rings. The van der Waals surface area contributed by atoms with Crippen molar-refractivity contribution in [2.45, 2.75) is 44.6 Å². The van der Waals surface area contributed by atoms with Crippen LogP contribution in [0.5, 0.6) is 0 Å². The monoisotopic (exact) mass is 445 g/mol. The molecule has 5 nitrogen and oxygen atoms in total. The molecule has 1 N–H and O–H groups in total. The van der Waals surface area contributed by atoms with Gasteiger partial charge in [0.25, 0.3) is 0 Å². The molecule has 6 heteroatoms. The van der Waals surface area contributed by atoms with Crippen molar-refractivity contribution in [1.82, 2.24) is 14.2 Å². The molecule has 0 unspecified atom stereocenters. The van der Waals surface area contributed by atoms with Gasteiger partial charge in [0.2, 0.25) is 0 Å². The second kappa shape index (κ2) is 8.94. The smallest absolute Gasteiger partial charge is 0.165 e. The number of Topliss-reactive ketones (excluding diaryl/α,β-unsaturated/α-hetero) is 1. The Hall–Kier alpha value is -3.25. The van der Waals surface area contributed by atoms with Crippen LogP contribution in [0, 0.1) is 11.7 Å². The van der Waals surface area contributed by atoms with Gasteiger partial charge in [-0.3, -0.25) is 9.48 Å². The summed E-state index contributed by atoms with van der Waals surface area (Å²) >= 11 is 0. The Kier molecular flexibility index (Phi) is 5.85. The van der Waals surface area contributed by atoms with E-state index in [2.05, 4.69) is 29.4 Å². The number of aromatic nitrogens is 3. The summed E-state index contributed by atoms with van der Waals surface area (Å²) in [6, 6.07) is 13.1. The fourth-order valence-electron chi connectivity index (χ4n) is 5.00. The van der Waals surface area contributed by atoms with Gasteiger partial charge in [-0.15, -0.1) is 0 Å². The predicted octanol–water partition coefficient (Wildman–Crippen LogP) is 5.19. The molecular formula is C27H28FN3O2. The maximum atomic E-state index is 14.8. The largest absolute Gasteiger partial charge is 0.393 e. The van der Waals surface area contributed by atoms with Gasteiger partial charge in [-0.1, -0.05) is 37.1 Å². The van der Waals surface area contributed by atoms with E-state index in [1.807, 2.05) is 31.7 Å². The van der Waals surface area contributed by atoms with Gasteiger partial charge < -0.3 is 9.51 Å². The molecule has 1 fully saturated rings. The highest BCUT2D eigenvalue weighted by Crippen LogP contribution is 2.31. The van der Waals surface area contributed by atoms with Crippen LogP contribution >= 0.6 is 0 Å². The first kappa shape index (κ1) is 21.6. The van der Waals surface area contributed by atoms with Crippen LogP contribution in [0.15, 0.2) is 61.1 Å². The lowest BCUT2D eigenvalue weighted by Gasteiger charge is -2.26. The fourth-order valence-corrected chi connectivity index (χ4v) is 5.00. The van der Waals surface area contributed by atoms with Gasteiger partial charge in [-0.2, -0.15) is 5.10 Å². The van der Waals surface area contributed by atoms with Crippen molar-refractivity contribution < 1.29 is 14.3 Å². The molecule has 1 saturated carbocycles. The SMILES string of the molecule is Cn1cc(-c2ccc(Cc3cc(C(=O)C[C@H]4CCCC[C@@H]4O)c4c(F)cccn34)cc2)cn1. The van der Waals surface area contributed by atoms with Crippen LogP contribution in [0.2, 0.25) is 0 Å². The first-order chi connectivity index (χ1) is 16.0. The van der Waals surface area contributed by atoms with Gasteiger partial charge in [-0.25, -0.2) is 4.39 Å². The normalized spacial score (nSPS) is 18.6. The first-order valence-electron chi connectivity index (χ1n) is 11.6. The van der Waals surface area contributed by atoms with Crippen molar-refractivity contribution in [3.63, 3.8) is 0 Å². The Morgan fingerprint density at radius 1 is 1.15 bits per heavy atom. The Morgan fingerprint density at radius 3 is 2.67 bits per heavy atom. The van der Waals surface area contributed by atoms with Crippen molar-refractivity contribution in [3.05, 3.63) is 83.7 Å². The van der Waals surface area contributed by atoms with Crippen LogP contribution < -0.4 is 0 Å². The number of rotatable bonds is 6. The summed E-state index contributed by atoms with van der Waals surface area (Å²) in [6.07, 6.45) is 9.62. The van der Waals surface area contributed by atoms with E-state index >= 15 is 0 Å². The zero-order chi connectivity index (χ0) is 22.9. The zero-order valence-electron chi connectivity index (χ0n) is 18.7. The third-order valence-corrected chi connectivity index (χ3v) is 6.81. The highest BCUT2D eigenvalue weighted by atomic mass is 19.1. The maximum absolute atomic E-state index is 14.8. The maximum Gasteiger partial charge on any atom is 0.165 e. The molecule has 3 heterocycles. The van der Waals surface area contributed by atoms with E-state index < -0.39 is 11.9 Å². The highest BCUT2D eigenvalue weighted by molar-refractivity contribution is 6.03. The number of aliphatic hydroxyl groups is 1. The summed E-state index contributed by atoms with van der Waals surface area (Å²) in [4.78, 5) is 13.2. The molecule has 170 valence electrons. The molecule has 5 rings (SSSR count). The van der Waals surface area contributed by atoms with E-state index in [0.717, 1.165) is 48.1 Å². The molecule has 0 aliphatic heterocycles. The van der Waals surface area contributed by atoms with Gasteiger partial charge in [0.1, 0.15) is 5.82 Å². The summed E-state index contributed by atoms with van der Waals surface area (Å²) in [6.45, 7) is 0. The molecule has 0 spiro atoms. The molecule has 1 aromatic carbocycles. The zero-order valence-corrected chi connectivity index (χ0v) is 18.7. The van der Waals surface area contributed by atoms with Crippen molar-refractivity contribution in [2.24, 2.45) is 13.0 Å². The molecule has 4 aromatic rings. The summed E-state index contributed by atoms with van der Waals surface area (Å²) in [5.41, 5.74) is 4.82. The van der Waals surface area contributed by atoms with E-state index in [1.54, 1.807) is 15.1 Å². The molecule has 0 amide bonds. The number of nitrogens with zero attached hydrogens (tertiary/aromatic N) is 3. The molecule has 3 aromatic heterocycles. The van der Waals surface area contributed by atoms with Gasteiger partial charge >= 0.3 is 0 Å². The number of hydrogen-bond donors (Lipinski definition) is 1. The molecular weight excluding hydrogens is 417 g/mol. The van der Waals surface area contributed by atoms with E-state index in [0.29, 0.717) is 17.5 Å². The van der Waals surface area contributed by atoms with E-state index in [1.165, 1.54) is 6.07 Å². The Labute approximate surface area is 192 Å². The van der Waals surface area contributed by atoms with Crippen molar-refractivity contribution in [1.29, 1.82) is 0 Å². The van der Waals surface area contributed by atoms with Crippen molar-refractivity contribution >= 4 is 11.3 Å². The Bertz CT molecular complexity index is 1290. The van der Waals surface area contributed by atoms with E-state index in [-0.39, 0.29) is 18.1 Å². The summed E-state index contributed by atoms with van der Waals surface area (Å²) in [5.74, 6) is -0.540. The van der Waals surface area contributed by atoms with Crippen LogP contribution in [-0.2, 0) is 13.5 Å². The number of fused-ring (bicyclic) bond motifs is 1. The lowest BCUT2D eigenvalue weighted by Crippen LogP contribution is -2.26. The van der Waals surface area contributed by atoms with Crippen LogP contribution in [0.3, 0.4) is 0 Å². The van der Waals surface area contributed by atoms with Crippen LogP contribution in [-0.4, -0.2) is 31.2 Å². The second-order valence-electron chi connectivity index (χ2n) is 9.14. The van der Waals surface area contributed by atoms with Gasteiger partial charge in [-0.05, 0) is 48.1 Å². The second-order valence-corrected chi connectivity index (χ2v) is 9.14. The van der Waals surface area contributed by atoms with Gasteiger partial charge in [0.05, 0.1) is 17.8 Å². The third kappa shape index (κ3) is 4.35. The Balaban J connectivity index is 1.43. The molecule has 0 radical (unpaired) electrons. The molecule has 0 saturated heterocycles. The number of halogens is 1. The number of benzene rings is 1. The topological polar surface area (TPSA) is 59.5 Å². The van der Waals surface area contributed by atoms with Crippen molar-refractivity contribution in [3.8, 4) is 11.1 Å². The number of pyridine rings is 1. The van der Waals surface area contributed by atoms with E-state index in [9.17, 15) is 14.3 Å². The molecule has 33 heavy (non-hydrogen) atoms. The minimum atomic E-state index is -0.445. The minimum Gasteiger partial charge on any atom is -0.393 e. The highest BCUT2D eigenvalue weighted by Gasteiger charge is 2.27. The van der Waals surface area contributed by atoms with Crippen LogP contribution in [0.1, 0.15) is 53.7 Å². The minimum absolute atomic E-state index is 0.0450. The number of hydrogen-bond acceptors (Lipinski definition) is 3. The van der Waals surface area contributed by atoms with Crippen LogP contribution in [0.25, 0.3) is 16.6 Å². The first-order valence-corrected chi connectivity index (χ1v) is 11.6. The average Bonchev–Trinajstić information content (AvgIpc) is 3.41. The summed E-state index contributed by atoms with van der Waals surface area (Å²) in [7, 11) is 1.89. The van der Waals surface area contributed by atoms with E-state index in [4.69, 9.17) is 0 Å². The Morgan fingerprint density at radius 2 is 1.94 bits per heavy atom. The van der Waals surface area contributed by atoms with Gasteiger partial charge in [0.15, 0.2) is 5.78 Å². The average molecular weight is 446 g/mol. The van der Waals surface area contributed by atoms with Gasteiger partial charge in [0, 0.05) is 49.1 Å². The number of carbonyl (C=O) groups is 1. The predicted molar refractivity (Wildman–Crippen MR) is 126 cm³/mol. The third-order valence-electron chi connectivity index (χ3n) is 6.81. The number of ketones is 1. The molecule has 1 aliphatic carbocycles. The number of aryl methyl sites for hydroxylation is 1. The molecule has 0 bridgehead atoms. The summed E-state index contributed by atoms with van der Waals surface area (Å²) < 4.78 is 18.4. The fraction of sp³-hybridized carbons (Fsp3) is 0.333. The van der Waals surface area contributed by atoms with Crippen molar-refractivity contribution in [2.75, 3.05) is 0 Å². The number of aliphatic hydroxyl groups excluding tert-OH is 1. The number of carbonyl (C=O) groups excluding carboxylic acids is 1. The molecule has 2 atom stereocenters. The quantitative estimate of drug-likeness (QED) is 0.415. The lowest BCUT2D eigenvalue weighted by atomic mass is 9.82. The standard InChI is InChI=1S/C27H28FN3O2/c1-30-17-21(16-29-30)19-10-8-18(9-11-19)13-22-15-23(27-24(28)6-4-12-31(22)27)26(33)14-20-5-2-3-7-25(20)32/h4,6,8-12,15-17,20,25,32H,2-3,5,7,13-14H2,1H3/t20-,25+/m1/s1. The summed E-state index contributed by atoms with van der Waals surface area (Å²) in [5, 5.41) is 14.5.